The van der Waals surface area contributed by atoms with Crippen LogP contribution in [0.15, 0.2) is 24.4 Å². The molecule has 1 atom stereocenters. The van der Waals surface area contributed by atoms with Crippen molar-refractivity contribution < 1.29 is 19.9 Å². The Morgan fingerprint density at radius 2 is 1.62 bits per heavy atom. The van der Waals surface area contributed by atoms with E-state index in [0.717, 1.165) is 5.92 Å². The molecule has 0 aromatic heterocycles. The zero-order chi connectivity index (χ0) is 19.8. The summed E-state index contributed by atoms with van der Waals surface area (Å²) in [5.74, 6) is -0.319. The van der Waals surface area contributed by atoms with Gasteiger partial charge in [0, 0.05) is 24.2 Å². The Kier molecular flexibility index (Phi) is 4.83. The van der Waals surface area contributed by atoms with Crippen molar-refractivity contribution in [3.63, 3.8) is 0 Å². The highest BCUT2D eigenvalue weighted by Crippen LogP contribution is 2.49. The predicted molar refractivity (Wildman–Crippen MR) is 90.7 cm³/mol. The summed E-state index contributed by atoms with van der Waals surface area (Å²) < 4.78 is 0. The van der Waals surface area contributed by atoms with E-state index in [1.807, 2.05) is 0 Å². The molecule has 2 bridgehead atoms. The molecular weight excluding hydrogens is 348 g/mol. The Morgan fingerprint density at radius 1 is 1.12 bits per heavy atom. The topological polar surface area (TPSA) is 153 Å². The molecule has 2 saturated heterocycles. The van der Waals surface area contributed by atoms with E-state index < -0.39 is 37.6 Å². The largest absolute Gasteiger partial charge is 0.497 e. The minimum absolute atomic E-state index is 0.401. The summed E-state index contributed by atoms with van der Waals surface area (Å²) in [6.07, 6.45) is 1.38. The molecule has 1 N–H and O–H groups in total. The fourth-order valence-electron chi connectivity index (χ4n) is 3.21. The first-order chi connectivity index (χ1) is 12.0. The average Bonchev–Trinajstić information content (AvgIpc) is 3.10. The predicted octanol–water partition coefficient (Wildman–Crippen LogP) is 2.98. The molecule has 2 heterocycles. The van der Waals surface area contributed by atoms with Gasteiger partial charge >= 0.3 is 11.4 Å². The van der Waals surface area contributed by atoms with E-state index in [4.69, 9.17) is 5.11 Å². The second-order valence-corrected chi connectivity index (χ2v) is 6.70. The average molecular weight is 366 g/mol. The highest BCUT2D eigenvalue weighted by molar-refractivity contribution is 5.64. The molecule has 3 rings (SSSR count). The molecule has 2 aliphatic rings. The van der Waals surface area contributed by atoms with E-state index in [0.29, 0.717) is 17.5 Å². The molecule has 140 valence electrons. The smallest absolute Gasteiger partial charge is 0.324 e. The van der Waals surface area contributed by atoms with Crippen molar-refractivity contribution >= 4 is 17.1 Å². The number of non-ortho nitro benzene ring substituents is 1. The van der Waals surface area contributed by atoms with Crippen molar-refractivity contribution in [2.75, 3.05) is 13.1 Å². The second-order valence-electron chi connectivity index (χ2n) is 6.70. The van der Waals surface area contributed by atoms with Gasteiger partial charge in [0.25, 0.3) is 11.4 Å². The van der Waals surface area contributed by atoms with Crippen LogP contribution in [0.25, 0.3) is 0 Å². The lowest BCUT2D eigenvalue weighted by molar-refractivity contribution is -0.404. The molecule has 0 saturated carbocycles. The van der Waals surface area contributed by atoms with E-state index in [1.165, 1.54) is 25.2 Å². The maximum absolute atomic E-state index is 10.4. The number of aromatic hydroxyl groups is 1. The van der Waals surface area contributed by atoms with Crippen LogP contribution in [0.3, 0.4) is 0 Å². The number of fused-ring (bicyclic) bond motifs is 2. The fraction of sp³-hybridized carbons (Fsp3) is 0.467. The van der Waals surface area contributed by atoms with Gasteiger partial charge in [0.05, 0.1) is 26.9 Å². The number of nitro benzene ring substituents is 3. The third-order valence-corrected chi connectivity index (χ3v) is 4.99. The van der Waals surface area contributed by atoms with Crippen molar-refractivity contribution in [2.45, 2.75) is 20.3 Å². The Balaban J connectivity index is 0.000000206. The van der Waals surface area contributed by atoms with E-state index >= 15 is 0 Å². The number of hydrogen-bond donors (Lipinski definition) is 1. The van der Waals surface area contributed by atoms with Gasteiger partial charge in [0.15, 0.2) is 0 Å². The van der Waals surface area contributed by atoms with Gasteiger partial charge in [0.2, 0.25) is 0 Å². The van der Waals surface area contributed by atoms with Gasteiger partial charge < -0.3 is 10.0 Å². The lowest BCUT2D eigenvalue weighted by Gasteiger charge is -2.32. The highest BCUT2D eigenvalue weighted by Gasteiger charge is 2.46. The van der Waals surface area contributed by atoms with E-state index in [2.05, 4.69) is 25.3 Å². The molecule has 26 heavy (non-hydrogen) atoms. The Bertz CT molecular complexity index is 770. The molecule has 2 aliphatic heterocycles. The Labute approximate surface area is 148 Å². The van der Waals surface area contributed by atoms with E-state index in [1.54, 1.807) is 0 Å². The first kappa shape index (κ1) is 19.1. The molecule has 11 nitrogen and oxygen atoms in total. The number of rotatable bonds is 3. The summed E-state index contributed by atoms with van der Waals surface area (Å²) in [5.41, 5.74) is -1.24. The van der Waals surface area contributed by atoms with Gasteiger partial charge in [0.1, 0.15) is 0 Å². The monoisotopic (exact) mass is 366 g/mol. The minimum atomic E-state index is -1.21. The number of phenols is 1. The van der Waals surface area contributed by atoms with Crippen LogP contribution in [0, 0.1) is 41.7 Å². The third-order valence-electron chi connectivity index (χ3n) is 4.99. The summed E-state index contributed by atoms with van der Waals surface area (Å²) in [7, 11) is 0. The number of nitrogens with zero attached hydrogens (tertiary/aromatic N) is 4. The quantitative estimate of drug-likeness (QED) is 0.632. The van der Waals surface area contributed by atoms with Gasteiger partial charge in [-0.05, 0) is 12.3 Å². The van der Waals surface area contributed by atoms with Gasteiger partial charge in [-0.15, -0.1) is 0 Å². The van der Waals surface area contributed by atoms with E-state index in [9.17, 15) is 30.3 Å². The van der Waals surface area contributed by atoms with Crippen molar-refractivity contribution in [3.8, 4) is 5.75 Å². The molecule has 1 aromatic carbocycles. The number of nitro groups is 3. The first-order valence-corrected chi connectivity index (χ1v) is 7.71. The summed E-state index contributed by atoms with van der Waals surface area (Å²) in [6.45, 7) is 11.3. The number of benzene rings is 1. The molecule has 0 amide bonds. The lowest BCUT2D eigenvalue weighted by Crippen LogP contribution is -2.27. The number of piperidine rings is 1. The van der Waals surface area contributed by atoms with Gasteiger partial charge in [-0.2, -0.15) is 0 Å². The summed E-state index contributed by atoms with van der Waals surface area (Å²) in [5, 5.41) is 40.2. The zero-order valence-electron chi connectivity index (χ0n) is 14.2. The van der Waals surface area contributed by atoms with Crippen molar-refractivity contribution in [2.24, 2.45) is 11.3 Å². The zero-order valence-corrected chi connectivity index (χ0v) is 14.2. The molecule has 1 unspecified atom stereocenters. The number of phenolic OH excluding ortho intramolecular Hbond substituents is 1. The maximum atomic E-state index is 10.4. The van der Waals surface area contributed by atoms with Crippen LogP contribution in [-0.2, 0) is 0 Å². The van der Waals surface area contributed by atoms with Crippen LogP contribution in [0.1, 0.15) is 20.3 Å². The van der Waals surface area contributed by atoms with Crippen molar-refractivity contribution in [1.29, 1.82) is 0 Å². The summed E-state index contributed by atoms with van der Waals surface area (Å²) in [4.78, 5) is 30.2. The van der Waals surface area contributed by atoms with Crippen LogP contribution < -0.4 is 0 Å². The molecule has 11 heteroatoms. The molecular formula is C15H18N4O7. The molecule has 0 aliphatic carbocycles. The third kappa shape index (κ3) is 3.27. The van der Waals surface area contributed by atoms with Crippen molar-refractivity contribution in [3.05, 3.63) is 54.8 Å². The van der Waals surface area contributed by atoms with Crippen LogP contribution in [-0.4, -0.2) is 37.9 Å². The maximum Gasteiger partial charge on any atom is 0.324 e. The van der Waals surface area contributed by atoms with Crippen LogP contribution in [0.2, 0.25) is 0 Å². The molecule has 2 fully saturated rings. The van der Waals surface area contributed by atoms with Crippen LogP contribution >= 0.6 is 0 Å². The fourth-order valence-corrected chi connectivity index (χ4v) is 3.21. The highest BCUT2D eigenvalue weighted by atomic mass is 16.6. The number of hydrogen-bond acceptors (Lipinski definition) is 8. The van der Waals surface area contributed by atoms with Gasteiger partial charge in [-0.3, -0.25) is 30.3 Å². The van der Waals surface area contributed by atoms with E-state index in [-0.39, 0.29) is 0 Å². The Hall–Kier alpha value is -3.24. The normalized spacial score (nSPS) is 19.7. The first-order valence-electron chi connectivity index (χ1n) is 7.71. The van der Waals surface area contributed by atoms with Crippen molar-refractivity contribution in [1.82, 2.24) is 4.90 Å². The van der Waals surface area contributed by atoms with Crippen LogP contribution in [0.5, 0.6) is 5.75 Å². The second kappa shape index (κ2) is 6.58. The molecule has 0 spiro atoms. The molecule has 1 aromatic rings. The van der Waals surface area contributed by atoms with Gasteiger partial charge in [-0.25, -0.2) is 0 Å². The Morgan fingerprint density at radius 3 is 1.88 bits per heavy atom. The summed E-state index contributed by atoms with van der Waals surface area (Å²) >= 11 is 0. The SMILES string of the molecule is C=C1N2CCC(C2)C1(C)C.O=[N+]([O-])c1cc([N+](=O)[O-])c(O)c([N+](=O)[O-])c1. The summed E-state index contributed by atoms with van der Waals surface area (Å²) in [6, 6.07) is 0.894. The standard InChI is InChI=1S/C9H15N.C6H3N3O7/c1-7-9(2,3)8-4-5-10(7)6-8;10-6-4(8(13)14)1-3(7(11)12)2-5(6)9(15)16/h8H,1,4-6H2,2-3H3;1-2,10H. The number of allylic oxidation sites excluding steroid dienone is 1. The van der Waals surface area contributed by atoms with Crippen LogP contribution in [0.4, 0.5) is 17.1 Å². The van der Waals surface area contributed by atoms with Gasteiger partial charge in [-0.1, -0.05) is 20.4 Å². The lowest BCUT2D eigenvalue weighted by atomic mass is 9.77. The minimum Gasteiger partial charge on any atom is -0.497 e. The molecule has 0 radical (unpaired) electrons.